The highest BCUT2D eigenvalue weighted by Gasteiger charge is 2.24. The van der Waals surface area contributed by atoms with Crippen LogP contribution in [0.2, 0.25) is 0 Å². The molecule has 17 heavy (non-hydrogen) atoms. The third-order valence-electron chi connectivity index (χ3n) is 2.66. The van der Waals surface area contributed by atoms with Gasteiger partial charge < -0.3 is 4.74 Å². The Hall–Kier alpha value is -0.430. The van der Waals surface area contributed by atoms with Gasteiger partial charge in [0.15, 0.2) is 0 Å². The van der Waals surface area contributed by atoms with Crippen LogP contribution in [0, 0.1) is 0 Å². The molecule has 1 fully saturated rings. The molecule has 1 aliphatic heterocycles. The Morgan fingerprint density at radius 2 is 1.88 bits per heavy atom. The van der Waals surface area contributed by atoms with Crippen LogP contribution in [0.3, 0.4) is 0 Å². The molecule has 0 aliphatic carbocycles. The highest BCUT2D eigenvalue weighted by atomic mass is 79.9. The standard InChI is InChI=1S/C11H14BrNO3S/c12-11-4-2-1-3-10(11)9-17(14,15)13-5-7-16-8-6-13/h1-4H,5-9H2. The molecule has 0 bridgehead atoms. The first-order valence-electron chi connectivity index (χ1n) is 5.38. The highest BCUT2D eigenvalue weighted by molar-refractivity contribution is 9.10. The van der Waals surface area contributed by atoms with Gasteiger partial charge in [-0.2, -0.15) is 4.31 Å². The van der Waals surface area contributed by atoms with Crippen molar-refractivity contribution in [2.24, 2.45) is 0 Å². The van der Waals surface area contributed by atoms with Gasteiger partial charge in [0.05, 0.1) is 19.0 Å². The third-order valence-corrected chi connectivity index (χ3v) is 5.26. The topological polar surface area (TPSA) is 46.6 Å². The summed E-state index contributed by atoms with van der Waals surface area (Å²) in [5, 5.41) is 0. The molecule has 1 saturated heterocycles. The molecule has 1 aliphatic rings. The number of benzene rings is 1. The third kappa shape index (κ3) is 3.28. The maximum Gasteiger partial charge on any atom is 0.218 e. The fraction of sp³-hybridized carbons (Fsp3) is 0.455. The maximum absolute atomic E-state index is 12.2. The van der Waals surface area contributed by atoms with E-state index in [2.05, 4.69) is 15.9 Å². The summed E-state index contributed by atoms with van der Waals surface area (Å²) >= 11 is 3.37. The number of hydrogen-bond donors (Lipinski definition) is 0. The minimum absolute atomic E-state index is 0.0361. The van der Waals surface area contributed by atoms with Crippen LogP contribution in [0.1, 0.15) is 5.56 Å². The Bertz CT molecular complexity index is 483. The lowest BCUT2D eigenvalue weighted by molar-refractivity contribution is 0.0729. The van der Waals surface area contributed by atoms with E-state index in [0.717, 1.165) is 10.0 Å². The maximum atomic E-state index is 12.2. The van der Waals surface area contributed by atoms with Gasteiger partial charge in [0.1, 0.15) is 0 Å². The van der Waals surface area contributed by atoms with Crippen molar-refractivity contribution in [2.45, 2.75) is 5.75 Å². The monoisotopic (exact) mass is 319 g/mol. The second kappa shape index (κ2) is 5.48. The summed E-state index contributed by atoms with van der Waals surface area (Å²) in [5.41, 5.74) is 0.791. The molecule has 1 aromatic rings. The van der Waals surface area contributed by atoms with Gasteiger partial charge in [-0.15, -0.1) is 0 Å². The Morgan fingerprint density at radius 1 is 1.24 bits per heavy atom. The lowest BCUT2D eigenvalue weighted by Crippen LogP contribution is -2.41. The molecule has 4 nitrogen and oxygen atoms in total. The van der Waals surface area contributed by atoms with Gasteiger partial charge in [-0.05, 0) is 11.6 Å². The first kappa shape index (κ1) is 13.0. The van der Waals surface area contributed by atoms with E-state index in [1.54, 1.807) is 0 Å². The van der Waals surface area contributed by atoms with Crippen LogP contribution in [0.15, 0.2) is 28.7 Å². The van der Waals surface area contributed by atoms with Crippen LogP contribution in [-0.2, 0) is 20.5 Å². The summed E-state index contributed by atoms with van der Waals surface area (Å²) in [4.78, 5) is 0. The van der Waals surface area contributed by atoms with Gasteiger partial charge in [0.2, 0.25) is 10.0 Å². The van der Waals surface area contributed by atoms with Crippen LogP contribution in [-0.4, -0.2) is 39.0 Å². The van der Waals surface area contributed by atoms with E-state index < -0.39 is 10.0 Å². The fourth-order valence-corrected chi connectivity index (χ4v) is 3.87. The summed E-state index contributed by atoms with van der Waals surface area (Å²) in [6, 6.07) is 7.39. The van der Waals surface area contributed by atoms with Crippen molar-refractivity contribution in [2.75, 3.05) is 26.3 Å². The van der Waals surface area contributed by atoms with Crippen LogP contribution >= 0.6 is 15.9 Å². The summed E-state index contributed by atoms with van der Waals surface area (Å²) in [6.07, 6.45) is 0. The molecule has 1 heterocycles. The van der Waals surface area contributed by atoms with E-state index in [1.165, 1.54) is 4.31 Å². The van der Waals surface area contributed by atoms with Crippen molar-refractivity contribution in [3.63, 3.8) is 0 Å². The van der Waals surface area contributed by atoms with E-state index in [4.69, 9.17) is 4.74 Å². The first-order chi connectivity index (χ1) is 8.09. The SMILES string of the molecule is O=S(=O)(Cc1ccccc1Br)N1CCOCC1. The Labute approximate surface area is 110 Å². The summed E-state index contributed by atoms with van der Waals surface area (Å²) in [6.45, 7) is 1.87. The zero-order valence-corrected chi connectivity index (χ0v) is 11.7. The van der Waals surface area contributed by atoms with Gasteiger partial charge in [-0.1, -0.05) is 34.1 Å². The number of halogens is 1. The number of morpholine rings is 1. The quantitative estimate of drug-likeness (QED) is 0.850. The molecular weight excluding hydrogens is 306 g/mol. The van der Waals surface area contributed by atoms with Gasteiger partial charge >= 0.3 is 0 Å². The Kier molecular flexibility index (Phi) is 4.19. The Balaban J connectivity index is 2.14. The zero-order valence-electron chi connectivity index (χ0n) is 9.30. The molecule has 1 aromatic carbocycles. The normalized spacial score (nSPS) is 18.2. The number of hydrogen-bond acceptors (Lipinski definition) is 3. The second-order valence-corrected chi connectivity index (χ2v) is 6.68. The minimum Gasteiger partial charge on any atom is -0.379 e. The zero-order chi connectivity index (χ0) is 12.3. The molecular formula is C11H14BrNO3S. The van der Waals surface area contributed by atoms with E-state index in [0.29, 0.717) is 26.3 Å². The van der Waals surface area contributed by atoms with E-state index in [-0.39, 0.29) is 5.75 Å². The van der Waals surface area contributed by atoms with E-state index in [1.807, 2.05) is 24.3 Å². The molecule has 0 N–H and O–H groups in total. The average molecular weight is 320 g/mol. The molecule has 0 amide bonds. The van der Waals surface area contributed by atoms with Crippen LogP contribution in [0.4, 0.5) is 0 Å². The number of sulfonamides is 1. The fourth-order valence-electron chi connectivity index (χ4n) is 1.73. The number of nitrogens with zero attached hydrogens (tertiary/aromatic N) is 1. The predicted octanol–water partition coefficient (Wildman–Crippen LogP) is 1.61. The van der Waals surface area contributed by atoms with Crippen molar-refractivity contribution in [3.05, 3.63) is 34.3 Å². The van der Waals surface area contributed by atoms with Crippen molar-refractivity contribution in [3.8, 4) is 0 Å². The van der Waals surface area contributed by atoms with Crippen LogP contribution in [0.25, 0.3) is 0 Å². The minimum atomic E-state index is -3.24. The van der Waals surface area contributed by atoms with Gasteiger partial charge in [0.25, 0.3) is 0 Å². The van der Waals surface area contributed by atoms with Crippen molar-refractivity contribution >= 4 is 26.0 Å². The summed E-state index contributed by atoms with van der Waals surface area (Å²) in [7, 11) is -3.24. The lowest BCUT2D eigenvalue weighted by Gasteiger charge is -2.26. The molecule has 0 atom stereocenters. The van der Waals surface area contributed by atoms with Crippen molar-refractivity contribution in [1.29, 1.82) is 0 Å². The Morgan fingerprint density at radius 3 is 2.53 bits per heavy atom. The van der Waals surface area contributed by atoms with Gasteiger partial charge in [-0.3, -0.25) is 0 Å². The van der Waals surface area contributed by atoms with Gasteiger partial charge in [-0.25, -0.2) is 8.42 Å². The first-order valence-corrected chi connectivity index (χ1v) is 7.79. The molecule has 94 valence electrons. The van der Waals surface area contributed by atoms with Crippen molar-refractivity contribution in [1.82, 2.24) is 4.31 Å². The summed E-state index contributed by atoms with van der Waals surface area (Å²) < 4.78 is 31.8. The van der Waals surface area contributed by atoms with Crippen molar-refractivity contribution < 1.29 is 13.2 Å². The summed E-state index contributed by atoms with van der Waals surface area (Å²) in [5.74, 6) is 0.0361. The average Bonchev–Trinajstić information content (AvgIpc) is 2.33. The largest absolute Gasteiger partial charge is 0.379 e. The second-order valence-electron chi connectivity index (χ2n) is 3.86. The number of rotatable bonds is 3. The van der Waals surface area contributed by atoms with Gasteiger partial charge in [0, 0.05) is 17.6 Å². The van der Waals surface area contributed by atoms with Crippen LogP contribution < -0.4 is 0 Å². The number of ether oxygens (including phenoxy) is 1. The predicted molar refractivity (Wildman–Crippen MR) is 69.2 cm³/mol. The molecule has 0 spiro atoms. The highest BCUT2D eigenvalue weighted by Crippen LogP contribution is 2.20. The van der Waals surface area contributed by atoms with E-state index in [9.17, 15) is 8.42 Å². The molecule has 6 heteroatoms. The molecule has 0 unspecified atom stereocenters. The molecule has 0 aromatic heterocycles. The lowest BCUT2D eigenvalue weighted by atomic mass is 10.2. The molecule has 0 saturated carbocycles. The smallest absolute Gasteiger partial charge is 0.218 e. The van der Waals surface area contributed by atoms with E-state index >= 15 is 0 Å². The van der Waals surface area contributed by atoms with Crippen LogP contribution in [0.5, 0.6) is 0 Å². The molecule has 0 radical (unpaired) electrons. The molecule has 2 rings (SSSR count).